The molecule has 5 nitrogen and oxygen atoms in total. The Hall–Kier alpha value is -2.02. The first kappa shape index (κ1) is 13.9. The molecule has 108 valence electrons. The molecule has 0 amide bonds. The molecule has 0 fully saturated rings. The zero-order chi connectivity index (χ0) is 15.0. The Morgan fingerprint density at radius 3 is 2.57 bits per heavy atom. The van der Waals surface area contributed by atoms with Crippen molar-refractivity contribution in [2.45, 2.75) is 19.4 Å². The molecular weight excluding hydrogens is 339 g/mol. The molecule has 2 aromatic heterocycles. The standard InChI is InChI=1S/C14H12BrFN4O/c1-14(2,20-8-10(15)7-17-20)13-18-12(19-21-13)9-3-5-11(16)6-4-9/h3-8H,1-2H3. The summed E-state index contributed by atoms with van der Waals surface area (Å²) < 4.78 is 20.9. The van der Waals surface area contributed by atoms with Gasteiger partial charge in [-0.2, -0.15) is 10.1 Å². The van der Waals surface area contributed by atoms with Gasteiger partial charge in [0.2, 0.25) is 5.82 Å². The van der Waals surface area contributed by atoms with Crippen LogP contribution in [0.25, 0.3) is 11.4 Å². The Morgan fingerprint density at radius 1 is 1.24 bits per heavy atom. The van der Waals surface area contributed by atoms with Crippen molar-refractivity contribution < 1.29 is 8.91 Å². The molecule has 0 atom stereocenters. The maximum absolute atomic E-state index is 12.9. The molecule has 0 radical (unpaired) electrons. The van der Waals surface area contributed by atoms with Crippen molar-refractivity contribution in [3.63, 3.8) is 0 Å². The van der Waals surface area contributed by atoms with Crippen molar-refractivity contribution in [2.75, 3.05) is 0 Å². The number of hydrogen-bond acceptors (Lipinski definition) is 4. The largest absolute Gasteiger partial charge is 0.336 e. The van der Waals surface area contributed by atoms with Crippen molar-refractivity contribution in [2.24, 2.45) is 0 Å². The fourth-order valence-electron chi connectivity index (χ4n) is 1.89. The van der Waals surface area contributed by atoms with E-state index >= 15 is 0 Å². The normalized spacial score (nSPS) is 11.8. The summed E-state index contributed by atoms with van der Waals surface area (Å²) >= 11 is 3.36. The predicted molar refractivity (Wildman–Crippen MR) is 78.0 cm³/mol. The maximum Gasteiger partial charge on any atom is 0.254 e. The Bertz CT molecular complexity index is 763. The molecular formula is C14H12BrFN4O. The molecule has 21 heavy (non-hydrogen) atoms. The molecule has 3 rings (SSSR count). The molecule has 0 unspecified atom stereocenters. The maximum atomic E-state index is 12.9. The summed E-state index contributed by atoms with van der Waals surface area (Å²) in [4.78, 5) is 4.39. The van der Waals surface area contributed by atoms with Crippen molar-refractivity contribution in [1.29, 1.82) is 0 Å². The minimum atomic E-state index is -0.586. The Balaban J connectivity index is 1.96. The highest BCUT2D eigenvalue weighted by molar-refractivity contribution is 9.10. The zero-order valence-corrected chi connectivity index (χ0v) is 13.0. The van der Waals surface area contributed by atoms with E-state index in [1.54, 1.807) is 23.0 Å². The van der Waals surface area contributed by atoms with E-state index in [1.807, 2.05) is 20.0 Å². The minimum absolute atomic E-state index is 0.302. The van der Waals surface area contributed by atoms with Gasteiger partial charge < -0.3 is 4.52 Å². The number of hydrogen-bond donors (Lipinski definition) is 0. The third kappa shape index (κ3) is 2.61. The van der Waals surface area contributed by atoms with Crippen LogP contribution in [-0.2, 0) is 5.54 Å². The summed E-state index contributed by atoms with van der Waals surface area (Å²) in [7, 11) is 0. The number of halogens is 2. The van der Waals surface area contributed by atoms with Gasteiger partial charge in [-0.1, -0.05) is 5.16 Å². The van der Waals surface area contributed by atoms with E-state index in [4.69, 9.17) is 4.52 Å². The van der Waals surface area contributed by atoms with Crippen molar-refractivity contribution in [3.05, 3.63) is 52.8 Å². The van der Waals surface area contributed by atoms with Crippen molar-refractivity contribution in [1.82, 2.24) is 19.9 Å². The van der Waals surface area contributed by atoms with Gasteiger partial charge in [0, 0.05) is 11.8 Å². The van der Waals surface area contributed by atoms with Gasteiger partial charge in [0.15, 0.2) is 0 Å². The van der Waals surface area contributed by atoms with Gasteiger partial charge >= 0.3 is 0 Å². The first-order valence-corrected chi connectivity index (χ1v) is 7.07. The lowest BCUT2D eigenvalue weighted by Crippen LogP contribution is -2.28. The molecule has 0 saturated carbocycles. The van der Waals surface area contributed by atoms with Crippen LogP contribution < -0.4 is 0 Å². The van der Waals surface area contributed by atoms with Gasteiger partial charge in [-0.25, -0.2) is 4.39 Å². The lowest BCUT2D eigenvalue weighted by Gasteiger charge is -2.20. The number of benzene rings is 1. The van der Waals surface area contributed by atoms with Crippen LogP contribution in [0.1, 0.15) is 19.7 Å². The topological polar surface area (TPSA) is 56.7 Å². The van der Waals surface area contributed by atoms with E-state index < -0.39 is 5.54 Å². The Kier molecular flexibility index (Phi) is 3.36. The first-order chi connectivity index (χ1) is 9.96. The summed E-state index contributed by atoms with van der Waals surface area (Å²) in [5.74, 6) is 0.547. The van der Waals surface area contributed by atoms with Crippen molar-refractivity contribution >= 4 is 15.9 Å². The van der Waals surface area contributed by atoms with Crippen LogP contribution in [0.2, 0.25) is 0 Å². The molecule has 7 heteroatoms. The van der Waals surface area contributed by atoms with Crippen molar-refractivity contribution in [3.8, 4) is 11.4 Å². The molecule has 0 saturated heterocycles. The second-order valence-electron chi connectivity index (χ2n) is 5.09. The summed E-state index contributed by atoms with van der Waals surface area (Å²) in [5.41, 5.74) is 0.112. The second-order valence-corrected chi connectivity index (χ2v) is 6.01. The fraction of sp³-hybridized carbons (Fsp3) is 0.214. The SMILES string of the molecule is CC(C)(c1nc(-c2ccc(F)cc2)no1)n1cc(Br)cn1. The average molecular weight is 351 g/mol. The van der Waals surface area contributed by atoms with Gasteiger partial charge in [0.25, 0.3) is 5.89 Å². The molecule has 1 aromatic carbocycles. The lowest BCUT2D eigenvalue weighted by molar-refractivity contribution is 0.261. The highest BCUT2D eigenvalue weighted by Gasteiger charge is 2.30. The average Bonchev–Trinajstić information content (AvgIpc) is 3.09. The molecule has 0 N–H and O–H groups in total. The lowest BCUT2D eigenvalue weighted by atomic mass is 10.1. The predicted octanol–water partition coefficient (Wildman–Crippen LogP) is 3.62. The quantitative estimate of drug-likeness (QED) is 0.723. The van der Waals surface area contributed by atoms with Crippen LogP contribution in [0.5, 0.6) is 0 Å². The van der Waals surface area contributed by atoms with Gasteiger partial charge in [0.1, 0.15) is 11.4 Å². The van der Waals surface area contributed by atoms with Crippen LogP contribution in [0.15, 0.2) is 45.7 Å². The summed E-state index contributed by atoms with van der Waals surface area (Å²) in [5, 5.41) is 8.20. The smallest absolute Gasteiger partial charge is 0.254 e. The van der Waals surface area contributed by atoms with Crippen LogP contribution in [0.4, 0.5) is 4.39 Å². The molecule has 0 spiro atoms. The van der Waals surface area contributed by atoms with E-state index in [0.717, 1.165) is 4.47 Å². The highest BCUT2D eigenvalue weighted by Crippen LogP contribution is 2.27. The molecule has 0 aliphatic heterocycles. The van der Waals surface area contributed by atoms with Crippen LogP contribution >= 0.6 is 15.9 Å². The van der Waals surface area contributed by atoms with E-state index in [9.17, 15) is 4.39 Å². The fourth-order valence-corrected chi connectivity index (χ4v) is 2.18. The third-order valence-corrected chi connectivity index (χ3v) is 3.59. The van der Waals surface area contributed by atoms with E-state index in [0.29, 0.717) is 17.3 Å². The molecule has 0 aliphatic carbocycles. The summed E-state index contributed by atoms with van der Waals surface area (Å²) in [6, 6.07) is 5.95. The van der Waals surface area contributed by atoms with Crippen LogP contribution in [0, 0.1) is 5.82 Å². The van der Waals surface area contributed by atoms with Gasteiger partial charge in [0.05, 0.1) is 10.7 Å². The summed E-state index contributed by atoms with van der Waals surface area (Å²) in [6.07, 6.45) is 3.53. The monoisotopic (exact) mass is 350 g/mol. The molecule has 0 bridgehead atoms. The Morgan fingerprint density at radius 2 is 1.95 bits per heavy atom. The Labute approximate surface area is 128 Å². The van der Waals surface area contributed by atoms with E-state index in [2.05, 4.69) is 31.2 Å². The number of nitrogens with zero attached hydrogens (tertiary/aromatic N) is 4. The second kappa shape index (κ2) is 5.07. The summed E-state index contributed by atoms with van der Waals surface area (Å²) in [6.45, 7) is 3.85. The van der Waals surface area contributed by atoms with Gasteiger partial charge in [-0.3, -0.25) is 4.68 Å². The van der Waals surface area contributed by atoms with E-state index in [1.165, 1.54) is 12.1 Å². The van der Waals surface area contributed by atoms with Gasteiger partial charge in [-0.15, -0.1) is 0 Å². The molecule has 3 aromatic rings. The van der Waals surface area contributed by atoms with E-state index in [-0.39, 0.29) is 5.82 Å². The number of aromatic nitrogens is 4. The van der Waals surface area contributed by atoms with Crippen LogP contribution in [-0.4, -0.2) is 19.9 Å². The van der Waals surface area contributed by atoms with Gasteiger partial charge in [-0.05, 0) is 54.0 Å². The highest BCUT2D eigenvalue weighted by atomic mass is 79.9. The number of rotatable bonds is 3. The first-order valence-electron chi connectivity index (χ1n) is 6.27. The molecule has 2 heterocycles. The minimum Gasteiger partial charge on any atom is -0.336 e. The third-order valence-electron chi connectivity index (χ3n) is 3.18. The van der Waals surface area contributed by atoms with Crippen LogP contribution in [0.3, 0.4) is 0 Å². The zero-order valence-electron chi connectivity index (χ0n) is 11.4. The molecule has 0 aliphatic rings.